The van der Waals surface area contributed by atoms with Crippen molar-refractivity contribution in [3.63, 3.8) is 0 Å². The van der Waals surface area contributed by atoms with Crippen LogP contribution in [-0.4, -0.2) is 18.8 Å². The van der Waals surface area contributed by atoms with Crippen molar-refractivity contribution in [2.45, 2.75) is 0 Å². The highest BCUT2D eigenvalue weighted by atomic mass is 31.2. The van der Waals surface area contributed by atoms with Gasteiger partial charge in [0.15, 0.2) is 0 Å². The van der Waals surface area contributed by atoms with E-state index in [9.17, 15) is 0 Å². The molecule has 0 unspecified atom stereocenters. The van der Waals surface area contributed by atoms with Gasteiger partial charge >= 0.3 is 0 Å². The lowest BCUT2D eigenvalue weighted by atomic mass is 11.3. The van der Waals surface area contributed by atoms with Crippen molar-refractivity contribution in [2.24, 2.45) is 11.0 Å². The smallest absolute Gasteiger partial charge is 0.248 e. The molecule has 4 nitrogen and oxygen atoms in total. The van der Waals surface area contributed by atoms with Crippen LogP contribution in [0.3, 0.4) is 0 Å². The van der Waals surface area contributed by atoms with Crippen LogP contribution in [0.2, 0.25) is 0 Å². The molecule has 0 heterocycles. The average Bonchev–Trinajstić information content (AvgIpc) is 1.31. The molecule has 7 heavy (non-hydrogen) atoms. The molecule has 0 spiro atoms. The van der Waals surface area contributed by atoms with Gasteiger partial charge in [-0.2, -0.15) is 0 Å². The Hall–Kier alpha value is 0.110. The number of hydrogen-bond acceptors (Lipinski definition) is 0. The van der Waals surface area contributed by atoms with Crippen molar-refractivity contribution in [2.75, 3.05) is 14.1 Å². The maximum atomic E-state index is 5.27. The van der Waals surface area contributed by atoms with Crippen LogP contribution in [0.4, 0.5) is 0 Å². The minimum atomic E-state index is -2.15. The first-order chi connectivity index (χ1) is 2.94. The Morgan fingerprint density at radius 2 is 1.57 bits per heavy atom. The second-order valence-electron chi connectivity index (χ2n) is 1.64. The highest BCUT2D eigenvalue weighted by Gasteiger charge is 2.10. The molecule has 0 aromatic rings. The molecule has 0 aromatic heterocycles. The van der Waals surface area contributed by atoms with E-state index in [1.165, 1.54) is 0 Å². The molecule has 5 heteroatoms. The lowest BCUT2D eigenvalue weighted by Gasteiger charge is -2.11. The third kappa shape index (κ3) is 2.76. The molecular formula is C2H12N4P+. The molecular weight excluding hydrogens is 111 g/mol. The predicted octanol–water partition coefficient (Wildman–Crippen LogP) is -1.83. The molecule has 0 aliphatic heterocycles. The molecule has 0 aromatic carbocycles. The predicted molar refractivity (Wildman–Crippen MR) is 30.9 cm³/mol. The van der Waals surface area contributed by atoms with E-state index in [4.69, 9.17) is 16.2 Å². The molecule has 0 saturated carbocycles. The normalized spacial score (nSPS) is 12.7. The maximum Gasteiger partial charge on any atom is 0.297 e. The molecule has 0 radical (unpaired) electrons. The van der Waals surface area contributed by atoms with Crippen LogP contribution < -0.4 is 16.2 Å². The quantitative estimate of drug-likeness (QED) is 0.359. The van der Waals surface area contributed by atoms with Crippen molar-refractivity contribution < 1.29 is 5.16 Å². The van der Waals surface area contributed by atoms with Crippen molar-refractivity contribution in [3.8, 4) is 0 Å². The summed E-state index contributed by atoms with van der Waals surface area (Å²) in [5, 5.41) is 5.27. The van der Waals surface area contributed by atoms with Crippen molar-refractivity contribution in [1.82, 2.24) is 4.67 Å². The highest BCUT2D eigenvalue weighted by molar-refractivity contribution is 7.55. The first kappa shape index (κ1) is 7.11. The van der Waals surface area contributed by atoms with E-state index in [1.807, 2.05) is 0 Å². The van der Waals surface area contributed by atoms with Gasteiger partial charge in [0.1, 0.15) is 0 Å². The van der Waals surface area contributed by atoms with Crippen LogP contribution in [0.5, 0.6) is 0 Å². The van der Waals surface area contributed by atoms with Gasteiger partial charge in [-0.3, -0.25) is 0 Å². The van der Waals surface area contributed by atoms with Crippen molar-refractivity contribution in [1.29, 1.82) is 0 Å². The molecule has 44 valence electrons. The van der Waals surface area contributed by atoms with E-state index in [-0.39, 0.29) is 0 Å². The van der Waals surface area contributed by atoms with Crippen LogP contribution >= 0.6 is 7.51 Å². The minimum Gasteiger partial charge on any atom is -0.248 e. The first-order valence-electron chi connectivity index (χ1n) is 1.87. The Kier molecular flexibility index (Phi) is 1.95. The third-order valence-corrected chi connectivity index (χ3v) is 2.08. The summed E-state index contributed by atoms with van der Waals surface area (Å²) in [6.07, 6.45) is 0. The van der Waals surface area contributed by atoms with Crippen LogP contribution in [0.15, 0.2) is 0 Å². The summed E-state index contributed by atoms with van der Waals surface area (Å²) in [6.45, 7) is 0. The van der Waals surface area contributed by atoms with Gasteiger partial charge in [-0.25, -0.2) is 20.8 Å². The van der Waals surface area contributed by atoms with E-state index in [1.54, 1.807) is 18.8 Å². The molecule has 6 N–H and O–H groups in total. The Labute approximate surface area is 43.5 Å². The number of nitrogens with two attached hydrogens (primary N) is 3. The molecule has 0 aliphatic rings. The van der Waals surface area contributed by atoms with E-state index < -0.39 is 7.51 Å². The fraction of sp³-hybridized carbons (Fsp3) is 1.00. The summed E-state index contributed by atoms with van der Waals surface area (Å²) in [5.74, 6) is 0. The van der Waals surface area contributed by atoms with E-state index in [0.717, 1.165) is 0 Å². The van der Waals surface area contributed by atoms with Gasteiger partial charge in [-0.15, -0.1) is 0 Å². The van der Waals surface area contributed by atoms with Crippen LogP contribution in [0.25, 0.3) is 0 Å². The Balaban J connectivity index is 3.80. The van der Waals surface area contributed by atoms with Crippen LogP contribution in [-0.2, 0) is 0 Å². The molecule has 0 saturated heterocycles. The minimum absolute atomic E-state index is 1.63. The van der Waals surface area contributed by atoms with Gasteiger partial charge in [0.2, 0.25) is 0 Å². The van der Waals surface area contributed by atoms with Crippen LogP contribution in [0.1, 0.15) is 0 Å². The van der Waals surface area contributed by atoms with Gasteiger partial charge in [0.05, 0.1) is 0 Å². The number of rotatable bonds is 1. The molecule has 0 rings (SSSR count). The summed E-state index contributed by atoms with van der Waals surface area (Å²) in [6, 6.07) is 0. The summed E-state index contributed by atoms with van der Waals surface area (Å²) in [5.41, 5.74) is 10.5. The fourth-order valence-corrected chi connectivity index (χ4v) is 0. The van der Waals surface area contributed by atoms with Crippen molar-refractivity contribution in [3.05, 3.63) is 0 Å². The Bertz CT molecular complexity index is 91.9. The zero-order chi connectivity index (χ0) is 6.08. The van der Waals surface area contributed by atoms with Crippen LogP contribution in [0, 0.1) is 0 Å². The van der Waals surface area contributed by atoms with E-state index >= 15 is 0 Å². The Morgan fingerprint density at radius 1 is 1.43 bits per heavy atom. The summed E-state index contributed by atoms with van der Waals surface area (Å²) >= 11 is 0. The monoisotopic (exact) mass is 123 g/mol. The fourth-order valence-electron chi connectivity index (χ4n) is 0. The number of nitrogens with zero attached hydrogens (tertiary/aromatic N) is 1. The van der Waals surface area contributed by atoms with Crippen molar-refractivity contribution >= 4 is 7.51 Å². The average molecular weight is 123 g/mol. The molecule has 0 fully saturated rings. The maximum absolute atomic E-state index is 5.27. The van der Waals surface area contributed by atoms with Gasteiger partial charge in [-0.05, 0) is 14.1 Å². The Morgan fingerprint density at radius 3 is 1.57 bits per heavy atom. The molecule has 0 bridgehead atoms. The largest absolute Gasteiger partial charge is 0.297 e. The molecule has 0 aliphatic carbocycles. The SMILES string of the molecule is CN(C)P(N)(N)=[NH2+]. The zero-order valence-electron chi connectivity index (χ0n) is 4.63. The zero-order valence-corrected chi connectivity index (χ0v) is 5.52. The van der Waals surface area contributed by atoms with Gasteiger partial charge < -0.3 is 0 Å². The van der Waals surface area contributed by atoms with Gasteiger partial charge in [-0.1, -0.05) is 0 Å². The third-order valence-electron chi connectivity index (χ3n) is 0.693. The summed E-state index contributed by atoms with van der Waals surface area (Å²) in [7, 11) is 1.36. The van der Waals surface area contributed by atoms with E-state index in [0.29, 0.717) is 0 Å². The summed E-state index contributed by atoms with van der Waals surface area (Å²) < 4.78 is 1.63. The lowest BCUT2D eigenvalue weighted by molar-refractivity contribution is -0.0931. The highest BCUT2D eigenvalue weighted by Crippen LogP contribution is 2.20. The van der Waals surface area contributed by atoms with Gasteiger partial charge in [0, 0.05) is 0 Å². The number of hydrogen-bond donors (Lipinski definition) is 3. The summed E-state index contributed by atoms with van der Waals surface area (Å²) in [4.78, 5) is 0. The second-order valence-corrected chi connectivity index (χ2v) is 4.03. The first-order valence-corrected chi connectivity index (χ1v) is 3.82. The van der Waals surface area contributed by atoms with Gasteiger partial charge in [0.25, 0.3) is 7.51 Å². The van der Waals surface area contributed by atoms with E-state index in [2.05, 4.69) is 0 Å². The second kappa shape index (κ2) is 1.92. The lowest BCUT2D eigenvalue weighted by Crippen LogP contribution is -2.43. The standard InChI is InChI=1S/C2H11N4P/c1-6(2)7(3,4)5/h1-2H3,(H5,3,4,5)/p+1. The molecule has 0 atom stereocenters. The molecule has 0 amide bonds. The topological polar surface area (TPSA) is 80.9 Å².